The predicted molar refractivity (Wildman–Crippen MR) is 51.6 cm³/mol. The van der Waals surface area contributed by atoms with Crippen molar-refractivity contribution in [2.75, 3.05) is 13.2 Å². The molecular formula is C10H17NO3. The first kappa shape index (κ1) is 11.0. The van der Waals surface area contributed by atoms with Crippen LogP contribution in [0.2, 0.25) is 0 Å². The topological polar surface area (TPSA) is 55.4 Å². The van der Waals surface area contributed by atoms with Gasteiger partial charge in [-0.05, 0) is 25.7 Å². The summed E-state index contributed by atoms with van der Waals surface area (Å²) in [5, 5.41) is 2.70. The van der Waals surface area contributed by atoms with Crippen molar-refractivity contribution in [2.24, 2.45) is 5.92 Å². The number of carbonyl (C=O) groups is 2. The highest BCUT2D eigenvalue weighted by molar-refractivity contribution is 5.77. The van der Waals surface area contributed by atoms with E-state index in [0.717, 1.165) is 0 Å². The van der Waals surface area contributed by atoms with Gasteiger partial charge in [-0.25, -0.2) is 0 Å². The van der Waals surface area contributed by atoms with E-state index < -0.39 is 0 Å². The van der Waals surface area contributed by atoms with Crippen molar-refractivity contribution in [3.05, 3.63) is 0 Å². The molecule has 0 radical (unpaired) electrons. The van der Waals surface area contributed by atoms with Crippen LogP contribution in [-0.4, -0.2) is 25.0 Å². The Labute approximate surface area is 84.0 Å². The average molecular weight is 199 g/mol. The Kier molecular flexibility index (Phi) is 4.43. The molecule has 0 aromatic carbocycles. The number of carbonyl (C=O) groups excluding carboxylic acids is 2. The van der Waals surface area contributed by atoms with Gasteiger partial charge in [0.1, 0.15) is 0 Å². The van der Waals surface area contributed by atoms with Gasteiger partial charge >= 0.3 is 5.97 Å². The van der Waals surface area contributed by atoms with Crippen LogP contribution in [0.25, 0.3) is 0 Å². The van der Waals surface area contributed by atoms with E-state index in [9.17, 15) is 9.59 Å². The highest BCUT2D eigenvalue weighted by atomic mass is 16.5. The van der Waals surface area contributed by atoms with E-state index in [2.05, 4.69) is 5.32 Å². The van der Waals surface area contributed by atoms with Crippen LogP contribution in [0.3, 0.4) is 0 Å². The predicted octanol–water partition coefficient (Wildman–Crippen LogP) is 0.856. The molecule has 80 valence electrons. The maximum Gasteiger partial charge on any atom is 0.307 e. The van der Waals surface area contributed by atoms with E-state index in [1.54, 1.807) is 6.92 Å². The van der Waals surface area contributed by atoms with Crippen LogP contribution in [-0.2, 0) is 14.3 Å². The summed E-state index contributed by atoms with van der Waals surface area (Å²) in [6.07, 6.45) is 3.23. The number of hydrogen-bond donors (Lipinski definition) is 1. The first-order valence-electron chi connectivity index (χ1n) is 5.14. The van der Waals surface area contributed by atoms with E-state index in [0.29, 0.717) is 25.5 Å². The Balaban J connectivity index is 1.96. The second-order valence-electron chi connectivity index (χ2n) is 3.55. The zero-order valence-electron chi connectivity index (χ0n) is 8.54. The van der Waals surface area contributed by atoms with Crippen LogP contribution in [0.5, 0.6) is 0 Å². The average Bonchev–Trinajstić information content (AvgIpc) is 2.88. The Morgan fingerprint density at radius 1 is 1.43 bits per heavy atom. The van der Waals surface area contributed by atoms with Gasteiger partial charge < -0.3 is 10.1 Å². The van der Waals surface area contributed by atoms with Gasteiger partial charge in [0.2, 0.25) is 5.91 Å². The maximum atomic E-state index is 11.2. The second-order valence-corrected chi connectivity index (χ2v) is 3.55. The molecule has 1 aliphatic carbocycles. The number of amides is 1. The molecule has 14 heavy (non-hydrogen) atoms. The minimum Gasteiger partial charge on any atom is -0.466 e. The number of esters is 1. The molecular weight excluding hydrogens is 182 g/mol. The molecule has 1 fully saturated rings. The van der Waals surface area contributed by atoms with Gasteiger partial charge in [-0.1, -0.05) is 0 Å². The minimum atomic E-state index is -0.251. The Hall–Kier alpha value is -1.06. The summed E-state index contributed by atoms with van der Waals surface area (Å²) < 4.78 is 4.73. The van der Waals surface area contributed by atoms with E-state index in [-0.39, 0.29) is 18.3 Å². The van der Waals surface area contributed by atoms with Crippen LogP contribution in [0.4, 0.5) is 0 Å². The SMILES string of the molecule is CCOC(=O)CCNC(=O)CC1CC1. The lowest BCUT2D eigenvalue weighted by Gasteiger charge is -2.04. The normalized spacial score (nSPS) is 14.9. The molecule has 0 spiro atoms. The van der Waals surface area contributed by atoms with Gasteiger partial charge in [-0.2, -0.15) is 0 Å². The van der Waals surface area contributed by atoms with Crippen LogP contribution < -0.4 is 5.32 Å². The van der Waals surface area contributed by atoms with Gasteiger partial charge in [0, 0.05) is 13.0 Å². The van der Waals surface area contributed by atoms with Gasteiger partial charge in [0.15, 0.2) is 0 Å². The maximum absolute atomic E-state index is 11.2. The highest BCUT2D eigenvalue weighted by Crippen LogP contribution is 2.31. The molecule has 1 rings (SSSR count). The standard InChI is InChI=1S/C10H17NO3/c1-2-14-10(13)5-6-11-9(12)7-8-3-4-8/h8H,2-7H2,1H3,(H,11,12). The molecule has 0 aromatic heterocycles. The summed E-state index contributed by atoms with van der Waals surface area (Å²) in [6.45, 7) is 2.56. The van der Waals surface area contributed by atoms with Crippen molar-refractivity contribution in [1.82, 2.24) is 5.32 Å². The summed E-state index contributed by atoms with van der Waals surface area (Å²) >= 11 is 0. The van der Waals surface area contributed by atoms with Gasteiger partial charge in [-0.15, -0.1) is 0 Å². The molecule has 1 saturated carbocycles. The van der Waals surface area contributed by atoms with Gasteiger partial charge in [0.25, 0.3) is 0 Å². The lowest BCUT2D eigenvalue weighted by atomic mass is 10.3. The smallest absolute Gasteiger partial charge is 0.307 e. The lowest BCUT2D eigenvalue weighted by molar-refractivity contribution is -0.143. The van der Waals surface area contributed by atoms with E-state index in [1.165, 1.54) is 12.8 Å². The van der Waals surface area contributed by atoms with Crippen LogP contribution in [0.1, 0.15) is 32.6 Å². The summed E-state index contributed by atoms with van der Waals surface area (Å²) in [7, 11) is 0. The number of nitrogens with one attached hydrogen (secondary N) is 1. The number of ether oxygens (including phenoxy) is 1. The van der Waals surface area contributed by atoms with Crippen LogP contribution >= 0.6 is 0 Å². The fourth-order valence-corrected chi connectivity index (χ4v) is 1.19. The van der Waals surface area contributed by atoms with E-state index >= 15 is 0 Å². The molecule has 0 aromatic rings. The fraction of sp³-hybridized carbons (Fsp3) is 0.800. The number of rotatable bonds is 6. The largest absolute Gasteiger partial charge is 0.466 e. The van der Waals surface area contributed by atoms with Crippen molar-refractivity contribution in [1.29, 1.82) is 0 Å². The van der Waals surface area contributed by atoms with Gasteiger partial charge in [-0.3, -0.25) is 9.59 Å². The quantitative estimate of drug-likeness (QED) is 0.645. The summed E-state index contributed by atoms with van der Waals surface area (Å²) in [5.74, 6) is 0.397. The Bertz CT molecular complexity index is 211. The van der Waals surface area contributed by atoms with E-state index in [4.69, 9.17) is 4.74 Å². The molecule has 4 nitrogen and oxygen atoms in total. The van der Waals surface area contributed by atoms with Gasteiger partial charge in [0.05, 0.1) is 13.0 Å². The molecule has 0 unspecified atom stereocenters. The molecule has 1 N–H and O–H groups in total. The first-order valence-corrected chi connectivity index (χ1v) is 5.14. The molecule has 0 heterocycles. The minimum absolute atomic E-state index is 0.0526. The second kappa shape index (κ2) is 5.62. The first-order chi connectivity index (χ1) is 6.72. The summed E-state index contributed by atoms with van der Waals surface area (Å²) in [5.41, 5.74) is 0. The lowest BCUT2D eigenvalue weighted by Crippen LogP contribution is -2.26. The van der Waals surface area contributed by atoms with Crippen molar-refractivity contribution < 1.29 is 14.3 Å². The summed E-state index contributed by atoms with van der Waals surface area (Å²) in [6, 6.07) is 0. The van der Waals surface area contributed by atoms with E-state index in [1.807, 2.05) is 0 Å². The van der Waals surface area contributed by atoms with Crippen molar-refractivity contribution in [3.8, 4) is 0 Å². The number of hydrogen-bond acceptors (Lipinski definition) is 3. The molecule has 0 bridgehead atoms. The van der Waals surface area contributed by atoms with Crippen molar-refractivity contribution in [2.45, 2.75) is 32.6 Å². The zero-order chi connectivity index (χ0) is 10.4. The Morgan fingerprint density at radius 3 is 2.71 bits per heavy atom. The molecule has 0 atom stereocenters. The third-order valence-corrected chi connectivity index (χ3v) is 2.13. The molecule has 0 aliphatic heterocycles. The molecule has 1 aliphatic rings. The van der Waals surface area contributed by atoms with Crippen molar-refractivity contribution >= 4 is 11.9 Å². The van der Waals surface area contributed by atoms with Crippen molar-refractivity contribution in [3.63, 3.8) is 0 Å². The van der Waals surface area contributed by atoms with Crippen LogP contribution in [0.15, 0.2) is 0 Å². The molecule has 4 heteroatoms. The summed E-state index contributed by atoms with van der Waals surface area (Å²) in [4.78, 5) is 22.1. The molecule has 1 amide bonds. The monoisotopic (exact) mass is 199 g/mol. The zero-order valence-corrected chi connectivity index (χ0v) is 8.54. The Morgan fingerprint density at radius 2 is 2.14 bits per heavy atom. The fourth-order valence-electron chi connectivity index (χ4n) is 1.19. The van der Waals surface area contributed by atoms with Crippen LogP contribution in [0, 0.1) is 5.92 Å². The molecule has 0 saturated heterocycles. The third-order valence-electron chi connectivity index (χ3n) is 2.13. The highest BCUT2D eigenvalue weighted by Gasteiger charge is 2.24. The third kappa shape index (κ3) is 4.84.